The van der Waals surface area contributed by atoms with E-state index in [0.717, 1.165) is 22.1 Å². The van der Waals surface area contributed by atoms with Crippen LogP contribution in [0.25, 0.3) is 5.69 Å². The largest absolute Gasteiger partial charge is 0.377 e. The summed E-state index contributed by atoms with van der Waals surface area (Å²) >= 11 is 7.96. The van der Waals surface area contributed by atoms with Crippen molar-refractivity contribution < 1.29 is 0 Å². The van der Waals surface area contributed by atoms with Crippen LogP contribution in [0.15, 0.2) is 42.3 Å². The average molecular weight is 305 g/mol. The molecule has 0 atom stereocenters. The maximum atomic E-state index is 6.31. The number of imidazole rings is 1. The van der Waals surface area contributed by atoms with Gasteiger partial charge in [-0.3, -0.25) is 0 Å². The maximum absolute atomic E-state index is 6.31. The summed E-state index contributed by atoms with van der Waals surface area (Å²) in [5.74, 6) is 0. The minimum Gasteiger partial charge on any atom is -0.377 e. The van der Waals surface area contributed by atoms with Gasteiger partial charge in [-0.1, -0.05) is 17.7 Å². The number of benzene rings is 1. The number of anilines is 1. The van der Waals surface area contributed by atoms with Crippen molar-refractivity contribution in [3.63, 3.8) is 0 Å². The molecule has 4 nitrogen and oxygen atoms in total. The lowest BCUT2D eigenvalue weighted by Crippen LogP contribution is -2.04. The highest BCUT2D eigenvalue weighted by Gasteiger charge is 2.09. The van der Waals surface area contributed by atoms with Crippen LogP contribution in [0.1, 0.15) is 10.7 Å². The van der Waals surface area contributed by atoms with Crippen LogP contribution in [0, 0.1) is 6.92 Å². The standard InChI is InChI=1S/C14H13ClN4S/c1-10-8-20-13(18-10)7-17-12-4-2-3-11(15)14(12)19-6-5-16-9-19/h2-6,8-9,17H,7H2,1H3. The molecule has 0 spiro atoms. The molecule has 6 heteroatoms. The van der Waals surface area contributed by atoms with Gasteiger partial charge in [0.05, 0.1) is 29.3 Å². The molecular formula is C14H13ClN4S. The van der Waals surface area contributed by atoms with Crippen LogP contribution >= 0.6 is 22.9 Å². The summed E-state index contributed by atoms with van der Waals surface area (Å²) in [6.45, 7) is 2.68. The minimum atomic E-state index is 0.681. The highest BCUT2D eigenvalue weighted by molar-refractivity contribution is 7.09. The zero-order valence-corrected chi connectivity index (χ0v) is 12.4. The van der Waals surface area contributed by atoms with Gasteiger partial charge >= 0.3 is 0 Å². The molecule has 1 N–H and O–H groups in total. The zero-order valence-electron chi connectivity index (χ0n) is 10.9. The van der Waals surface area contributed by atoms with E-state index in [1.807, 2.05) is 41.3 Å². The summed E-state index contributed by atoms with van der Waals surface area (Å²) < 4.78 is 1.90. The molecule has 102 valence electrons. The van der Waals surface area contributed by atoms with Crippen molar-refractivity contribution in [1.29, 1.82) is 0 Å². The van der Waals surface area contributed by atoms with Crippen molar-refractivity contribution >= 4 is 28.6 Å². The molecule has 2 heterocycles. The number of para-hydroxylation sites is 1. The van der Waals surface area contributed by atoms with E-state index < -0.39 is 0 Å². The lowest BCUT2D eigenvalue weighted by molar-refractivity contribution is 1.03. The topological polar surface area (TPSA) is 42.7 Å². The van der Waals surface area contributed by atoms with Crippen LogP contribution in [0.5, 0.6) is 0 Å². The van der Waals surface area contributed by atoms with Crippen molar-refractivity contribution in [2.75, 3.05) is 5.32 Å². The number of aryl methyl sites for hydroxylation is 1. The number of nitrogens with zero attached hydrogens (tertiary/aromatic N) is 3. The number of hydrogen-bond donors (Lipinski definition) is 1. The van der Waals surface area contributed by atoms with Crippen molar-refractivity contribution in [2.24, 2.45) is 0 Å². The smallest absolute Gasteiger partial charge is 0.112 e. The molecule has 0 aliphatic carbocycles. The SMILES string of the molecule is Cc1csc(CNc2cccc(Cl)c2-n2ccnc2)n1. The third-order valence-electron chi connectivity index (χ3n) is 2.85. The monoisotopic (exact) mass is 304 g/mol. The minimum absolute atomic E-state index is 0.681. The van der Waals surface area contributed by atoms with E-state index in [-0.39, 0.29) is 0 Å². The number of rotatable bonds is 4. The summed E-state index contributed by atoms with van der Waals surface area (Å²) in [6, 6.07) is 5.80. The first-order valence-corrected chi connectivity index (χ1v) is 7.41. The third kappa shape index (κ3) is 2.69. The fraction of sp³-hybridized carbons (Fsp3) is 0.143. The van der Waals surface area contributed by atoms with E-state index in [1.165, 1.54) is 0 Å². The molecule has 0 aliphatic rings. The number of thiazole rings is 1. The predicted octanol–water partition coefficient (Wildman–Crippen LogP) is 3.90. The van der Waals surface area contributed by atoms with Gasteiger partial charge in [0, 0.05) is 23.5 Å². The lowest BCUT2D eigenvalue weighted by atomic mass is 10.2. The van der Waals surface area contributed by atoms with Gasteiger partial charge in [0.1, 0.15) is 5.01 Å². The summed E-state index contributed by atoms with van der Waals surface area (Å²) in [6.07, 6.45) is 5.34. The highest BCUT2D eigenvalue weighted by atomic mass is 35.5. The van der Waals surface area contributed by atoms with Crippen LogP contribution < -0.4 is 5.32 Å². The molecule has 0 aliphatic heterocycles. The second-order valence-electron chi connectivity index (χ2n) is 4.34. The number of nitrogens with one attached hydrogen (secondary N) is 1. The lowest BCUT2D eigenvalue weighted by Gasteiger charge is -2.13. The van der Waals surface area contributed by atoms with Gasteiger partial charge in [-0.15, -0.1) is 11.3 Å². The van der Waals surface area contributed by atoms with Gasteiger partial charge in [-0.2, -0.15) is 0 Å². The van der Waals surface area contributed by atoms with Crippen LogP contribution in [0.3, 0.4) is 0 Å². The van der Waals surface area contributed by atoms with Gasteiger partial charge < -0.3 is 9.88 Å². The molecule has 0 unspecified atom stereocenters. The Kier molecular flexibility index (Phi) is 3.71. The predicted molar refractivity (Wildman–Crippen MR) is 82.8 cm³/mol. The summed E-state index contributed by atoms with van der Waals surface area (Å²) in [4.78, 5) is 8.51. The number of aromatic nitrogens is 3. The van der Waals surface area contributed by atoms with Gasteiger partial charge in [0.25, 0.3) is 0 Å². The Labute approximate surface area is 126 Å². The second-order valence-corrected chi connectivity index (χ2v) is 5.69. The molecule has 1 aromatic carbocycles. The van der Waals surface area contributed by atoms with Crippen LogP contribution in [0.4, 0.5) is 5.69 Å². The molecule has 0 bridgehead atoms. The van der Waals surface area contributed by atoms with E-state index >= 15 is 0 Å². The molecule has 3 rings (SSSR count). The van der Waals surface area contributed by atoms with E-state index in [0.29, 0.717) is 11.6 Å². The van der Waals surface area contributed by atoms with Gasteiger partial charge in [-0.05, 0) is 19.1 Å². The van der Waals surface area contributed by atoms with E-state index in [4.69, 9.17) is 11.6 Å². The Morgan fingerprint density at radius 1 is 1.40 bits per heavy atom. The molecule has 3 aromatic rings. The third-order valence-corrected chi connectivity index (χ3v) is 4.12. The maximum Gasteiger partial charge on any atom is 0.112 e. The quantitative estimate of drug-likeness (QED) is 0.795. The fourth-order valence-electron chi connectivity index (χ4n) is 1.97. The molecule has 2 aromatic heterocycles. The second kappa shape index (κ2) is 5.64. The number of halogens is 1. The molecule has 0 radical (unpaired) electrons. The van der Waals surface area contributed by atoms with Gasteiger partial charge in [0.2, 0.25) is 0 Å². The first kappa shape index (κ1) is 13.1. The molecular weight excluding hydrogens is 292 g/mol. The zero-order chi connectivity index (χ0) is 13.9. The Morgan fingerprint density at radius 3 is 3.00 bits per heavy atom. The highest BCUT2D eigenvalue weighted by Crippen LogP contribution is 2.28. The molecule has 20 heavy (non-hydrogen) atoms. The summed E-state index contributed by atoms with van der Waals surface area (Å²) in [5, 5.41) is 7.17. The van der Waals surface area contributed by atoms with Crippen molar-refractivity contribution in [3.8, 4) is 5.69 Å². The van der Waals surface area contributed by atoms with Crippen LogP contribution in [-0.2, 0) is 6.54 Å². The van der Waals surface area contributed by atoms with E-state index in [9.17, 15) is 0 Å². The Hall–Kier alpha value is -1.85. The van der Waals surface area contributed by atoms with Crippen molar-refractivity contribution in [3.05, 3.63) is 58.0 Å². The normalized spacial score (nSPS) is 10.7. The first-order chi connectivity index (χ1) is 9.74. The number of hydrogen-bond acceptors (Lipinski definition) is 4. The van der Waals surface area contributed by atoms with Crippen molar-refractivity contribution in [2.45, 2.75) is 13.5 Å². The first-order valence-electron chi connectivity index (χ1n) is 6.16. The van der Waals surface area contributed by atoms with Gasteiger partial charge in [-0.25, -0.2) is 9.97 Å². The molecule has 0 amide bonds. The summed E-state index contributed by atoms with van der Waals surface area (Å²) in [5.41, 5.74) is 2.91. The Morgan fingerprint density at radius 2 is 2.30 bits per heavy atom. The molecule has 0 saturated heterocycles. The fourth-order valence-corrected chi connectivity index (χ4v) is 2.95. The van der Waals surface area contributed by atoms with Gasteiger partial charge in [0.15, 0.2) is 0 Å². The Balaban J connectivity index is 1.88. The van der Waals surface area contributed by atoms with E-state index in [2.05, 4.69) is 15.3 Å². The molecule has 0 saturated carbocycles. The Bertz CT molecular complexity index is 706. The van der Waals surface area contributed by atoms with Crippen LogP contribution in [-0.4, -0.2) is 14.5 Å². The van der Waals surface area contributed by atoms with E-state index in [1.54, 1.807) is 23.9 Å². The molecule has 0 fully saturated rings. The van der Waals surface area contributed by atoms with Crippen LogP contribution in [0.2, 0.25) is 5.02 Å². The average Bonchev–Trinajstić information content (AvgIpc) is 3.08. The van der Waals surface area contributed by atoms with Crippen molar-refractivity contribution in [1.82, 2.24) is 14.5 Å². The summed E-state index contributed by atoms with van der Waals surface area (Å²) in [7, 11) is 0.